The second-order valence-corrected chi connectivity index (χ2v) is 4.47. The van der Waals surface area contributed by atoms with Crippen LogP contribution in [0.2, 0.25) is 0 Å². The highest BCUT2D eigenvalue weighted by molar-refractivity contribution is 5.83. The summed E-state index contributed by atoms with van der Waals surface area (Å²) in [6.45, 7) is 2.03. The molecular weight excluding hydrogens is 224 g/mol. The number of Topliss-reactive ketones (excluding diaryl/α,β-unsaturated/α-hetero) is 1. The molecule has 92 valence electrons. The molecule has 3 heteroatoms. The molecule has 0 unspecified atom stereocenters. The molecule has 0 aliphatic carbocycles. The van der Waals surface area contributed by atoms with E-state index in [0.717, 1.165) is 11.1 Å². The predicted molar refractivity (Wildman–Crippen MR) is 72.2 cm³/mol. The van der Waals surface area contributed by atoms with E-state index in [1.807, 2.05) is 37.3 Å². The van der Waals surface area contributed by atoms with Crippen LogP contribution in [0.3, 0.4) is 0 Å². The maximum Gasteiger partial charge on any atom is 0.141 e. The molecule has 0 aliphatic rings. The second-order valence-electron chi connectivity index (χ2n) is 4.47. The van der Waals surface area contributed by atoms with E-state index in [4.69, 9.17) is 5.73 Å². The number of carbonyl (C=O) groups excluding carboxylic acids is 1. The molecule has 0 bridgehead atoms. The first kappa shape index (κ1) is 12.3. The quantitative estimate of drug-likeness (QED) is 0.892. The Labute approximate surface area is 107 Å². The van der Waals surface area contributed by atoms with Crippen molar-refractivity contribution >= 4 is 11.6 Å². The summed E-state index contributed by atoms with van der Waals surface area (Å²) < 4.78 is 0. The van der Waals surface area contributed by atoms with Crippen molar-refractivity contribution in [3.8, 4) is 0 Å². The number of anilines is 1. The van der Waals surface area contributed by atoms with E-state index in [9.17, 15) is 4.79 Å². The van der Waals surface area contributed by atoms with Gasteiger partial charge in [-0.3, -0.25) is 4.79 Å². The lowest BCUT2D eigenvalue weighted by Crippen LogP contribution is -2.07. The normalized spacial score (nSPS) is 10.3. The zero-order valence-electron chi connectivity index (χ0n) is 10.4. The van der Waals surface area contributed by atoms with Gasteiger partial charge in [0.05, 0.1) is 0 Å². The molecule has 0 spiro atoms. The van der Waals surface area contributed by atoms with E-state index in [0.29, 0.717) is 18.7 Å². The molecule has 0 radical (unpaired) electrons. The fourth-order valence-electron chi connectivity index (χ4n) is 1.94. The lowest BCUT2D eigenvalue weighted by atomic mass is 10.0. The third-order valence-corrected chi connectivity index (χ3v) is 2.73. The molecule has 0 fully saturated rings. The largest absolute Gasteiger partial charge is 0.384 e. The maximum atomic E-state index is 11.9. The van der Waals surface area contributed by atoms with Gasteiger partial charge in [-0.15, -0.1) is 0 Å². The number of pyridine rings is 1. The number of ketones is 1. The van der Waals surface area contributed by atoms with Gasteiger partial charge >= 0.3 is 0 Å². The van der Waals surface area contributed by atoms with Crippen LogP contribution in [0.5, 0.6) is 0 Å². The minimum absolute atomic E-state index is 0.186. The SMILES string of the molecule is Cc1cccc(CC(=O)Cc2ccnc(N)c2)c1. The van der Waals surface area contributed by atoms with Crippen LogP contribution in [0, 0.1) is 6.92 Å². The fourth-order valence-corrected chi connectivity index (χ4v) is 1.94. The number of hydrogen-bond acceptors (Lipinski definition) is 3. The molecule has 1 aromatic heterocycles. The van der Waals surface area contributed by atoms with Gasteiger partial charge in [-0.2, -0.15) is 0 Å². The molecule has 18 heavy (non-hydrogen) atoms. The van der Waals surface area contributed by atoms with Gasteiger partial charge in [0.1, 0.15) is 11.6 Å². The van der Waals surface area contributed by atoms with E-state index < -0.39 is 0 Å². The first-order valence-electron chi connectivity index (χ1n) is 5.91. The molecule has 2 rings (SSSR count). The number of nitrogens with zero attached hydrogens (tertiary/aromatic N) is 1. The molecule has 0 aliphatic heterocycles. The highest BCUT2D eigenvalue weighted by atomic mass is 16.1. The van der Waals surface area contributed by atoms with Gasteiger partial charge in [-0.25, -0.2) is 4.98 Å². The maximum absolute atomic E-state index is 11.9. The average molecular weight is 240 g/mol. The van der Waals surface area contributed by atoms with Crippen molar-refractivity contribution in [1.29, 1.82) is 0 Å². The molecule has 1 aromatic carbocycles. The van der Waals surface area contributed by atoms with E-state index >= 15 is 0 Å². The van der Waals surface area contributed by atoms with Crippen molar-refractivity contribution in [3.05, 3.63) is 59.3 Å². The second kappa shape index (κ2) is 5.45. The Hall–Kier alpha value is -2.16. The van der Waals surface area contributed by atoms with E-state index in [-0.39, 0.29) is 5.78 Å². The zero-order chi connectivity index (χ0) is 13.0. The Morgan fingerprint density at radius 3 is 2.56 bits per heavy atom. The first-order valence-corrected chi connectivity index (χ1v) is 5.91. The highest BCUT2D eigenvalue weighted by Gasteiger charge is 2.06. The molecule has 3 nitrogen and oxygen atoms in total. The van der Waals surface area contributed by atoms with Crippen LogP contribution in [-0.2, 0) is 17.6 Å². The van der Waals surface area contributed by atoms with Crippen molar-refractivity contribution in [2.24, 2.45) is 0 Å². The molecule has 0 saturated heterocycles. The Kier molecular flexibility index (Phi) is 3.72. The summed E-state index contributed by atoms with van der Waals surface area (Å²) >= 11 is 0. The van der Waals surface area contributed by atoms with Gasteiger partial charge in [-0.05, 0) is 30.2 Å². The summed E-state index contributed by atoms with van der Waals surface area (Å²) in [5.41, 5.74) is 8.73. The Balaban J connectivity index is 2.01. The van der Waals surface area contributed by atoms with Crippen LogP contribution in [0.4, 0.5) is 5.82 Å². The molecule has 0 atom stereocenters. The molecule has 2 aromatic rings. The van der Waals surface area contributed by atoms with Gasteiger partial charge in [0.25, 0.3) is 0 Å². The number of rotatable bonds is 4. The van der Waals surface area contributed by atoms with E-state index in [1.165, 1.54) is 5.56 Å². The Bertz CT molecular complexity index is 514. The van der Waals surface area contributed by atoms with Crippen molar-refractivity contribution in [2.45, 2.75) is 19.8 Å². The van der Waals surface area contributed by atoms with Gasteiger partial charge < -0.3 is 5.73 Å². The minimum Gasteiger partial charge on any atom is -0.384 e. The minimum atomic E-state index is 0.186. The number of nitrogen functional groups attached to an aromatic ring is 1. The topological polar surface area (TPSA) is 56.0 Å². The Morgan fingerprint density at radius 2 is 1.89 bits per heavy atom. The standard InChI is InChI=1S/C15H16N2O/c1-11-3-2-4-12(7-11)8-14(18)9-13-5-6-17-15(16)10-13/h2-7,10H,8-9H2,1H3,(H2,16,17). The van der Waals surface area contributed by atoms with E-state index in [2.05, 4.69) is 4.98 Å². The third kappa shape index (κ3) is 3.42. The summed E-state index contributed by atoms with van der Waals surface area (Å²) in [6.07, 6.45) is 2.50. The summed E-state index contributed by atoms with van der Waals surface area (Å²) in [7, 11) is 0. The summed E-state index contributed by atoms with van der Waals surface area (Å²) in [6, 6.07) is 11.6. The predicted octanol–water partition coefficient (Wildman–Crippen LogP) is 2.33. The van der Waals surface area contributed by atoms with Crippen LogP contribution in [0.15, 0.2) is 42.6 Å². The highest BCUT2D eigenvalue weighted by Crippen LogP contribution is 2.09. The lowest BCUT2D eigenvalue weighted by molar-refractivity contribution is -0.117. The summed E-state index contributed by atoms with van der Waals surface area (Å²) in [4.78, 5) is 15.9. The van der Waals surface area contributed by atoms with Crippen molar-refractivity contribution in [2.75, 3.05) is 5.73 Å². The average Bonchev–Trinajstić information content (AvgIpc) is 2.28. The Morgan fingerprint density at radius 1 is 1.17 bits per heavy atom. The van der Waals surface area contributed by atoms with Crippen LogP contribution >= 0.6 is 0 Å². The third-order valence-electron chi connectivity index (χ3n) is 2.73. The van der Waals surface area contributed by atoms with Gasteiger partial charge in [-0.1, -0.05) is 29.8 Å². The molecule has 0 saturated carbocycles. The molecular formula is C15H16N2O. The molecule has 0 amide bonds. The van der Waals surface area contributed by atoms with Crippen LogP contribution < -0.4 is 5.73 Å². The number of hydrogen-bond donors (Lipinski definition) is 1. The van der Waals surface area contributed by atoms with Gasteiger partial charge in [0.15, 0.2) is 0 Å². The lowest BCUT2D eigenvalue weighted by Gasteiger charge is -2.03. The zero-order valence-corrected chi connectivity index (χ0v) is 10.4. The number of carbonyl (C=O) groups is 1. The van der Waals surface area contributed by atoms with Crippen molar-refractivity contribution < 1.29 is 4.79 Å². The number of benzene rings is 1. The van der Waals surface area contributed by atoms with Gasteiger partial charge in [0.2, 0.25) is 0 Å². The van der Waals surface area contributed by atoms with Crippen LogP contribution in [0.25, 0.3) is 0 Å². The summed E-state index contributed by atoms with van der Waals surface area (Å²) in [5.74, 6) is 0.641. The van der Waals surface area contributed by atoms with Crippen LogP contribution in [0.1, 0.15) is 16.7 Å². The number of aromatic nitrogens is 1. The van der Waals surface area contributed by atoms with E-state index in [1.54, 1.807) is 12.3 Å². The first-order chi connectivity index (χ1) is 8.63. The summed E-state index contributed by atoms with van der Waals surface area (Å²) in [5, 5.41) is 0. The fraction of sp³-hybridized carbons (Fsp3) is 0.200. The van der Waals surface area contributed by atoms with Crippen molar-refractivity contribution in [1.82, 2.24) is 4.98 Å². The van der Waals surface area contributed by atoms with Crippen LogP contribution in [-0.4, -0.2) is 10.8 Å². The van der Waals surface area contributed by atoms with Crippen molar-refractivity contribution in [3.63, 3.8) is 0 Å². The van der Waals surface area contributed by atoms with Gasteiger partial charge in [0, 0.05) is 19.0 Å². The molecule has 2 N–H and O–H groups in total. The number of nitrogens with two attached hydrogens (primary N) is 1. The molecule has 1 heterocycles. The number of aryl methyl sites for hydroxylation is 1. The smallest absolute Gasteiger partial charge is 0.141 e. The monoisotopic (exact) mass is 240 g/mol.